The average molecular weight is 261 g/mol. The van der Waals surface area contributed by atoms with Crippen LogP contribution in [0.25, 0.3) is 0 Å². The zero-order valence-corrected chi connectivity index (χ0v) is 12.0. The molecular weight excluding hydrogens is 238 g/mol. The Morgan fingerprint density at radius 3 is 2.47 bits per heavy atom. The van der Waals surface area contributed by atoms with Gasteiger partial charge in [-0.1, -0.05) is 6.92 Å². The molecule has 0 spiro atoms. The van der Waals surface area contributed by atoms with E-state index in [9.17, 15) is 0 Å². The Kier molecular flexibility index (Phi) is 4.94. The summed E-state index contributed by atoms with van der Waals surface area (Å²) >= 11 is 0. The number of rotatable bonds is 5. The van der Waals surface area contributed by atoms with Gasteiger partial charge in [-0.3, -0.25) is 14.5 Å². The molecule has 1 aliphatic heterocycles. The molecule has 0 N–H and O–H groups in total. The molecule has 0 bridgehead atoms. The average Bonchev–Trinajstić information content (AvgIpc) is 2.83. The van der Waals surface area contributed by atoms with Gasteiger partial charge in [0.25, 0.3) is 0 Å². The summed E-state index contributed by atoms with van der Waals surface area (Å²) in [6.45, 7) is 10.8. The lowest BCUT2D eigenvalue weighted by Gasteiger charge is -2.33. The molecule has 0 aromatic carbocycles. The lowest BCUT2D eigenvalue weighted by Crippen LogP contribution is -2.46. The van der Waals surface area contributed by atoms with E-state index >= 15 is 0 Å². The molecule has 0 atom stereocenters. The molecule has 0 amide bonds. The molecule has 0 saturated carbocycles. The molecule has 104 valence electrons. The maximum Gasteiger partial charge on any atom is 0.0866 e. The van der Waals surface area contributed by atoms with Gasteiger partial charge in [0.2, 0.25) is 0 Å². The number of aromatic nitrogens is 2. The van der Waals surface area contributed by atoms with Crippen LogP contribution in [0.4, 0.5) is 0 Å². The molecule has 5 nitrogen and oxygen atoms in total. The van der Waals surface area contributed by atoms with Crippen LogP contribution in [0, 0.1) is 11.3 Å². The van der Waals surface area contributed by atoms with E-state index in [1.807, 2.05) is 0 Å². The van der Waals surface area contributed by atoms with Gasteiger partial charge in [0.1, 0.15) is 0 Å². The van der Waals surface area contributed by atoms with Gasteiger partial charge < -0.3 is 0 Å². The molecule has 5 heteroatoms. The van der Waals surface area contributed by atoms with Crippen molar-refractivity contribution in [1.29, 1.82) is 5.26 Å². The minimum absolute atomic E-state index is 0.556. The molecule has 0 unspecified atom stereocenters. The van der Waals surface area contributed by atoms with E-state index in [0.29, 0.717) is 6.54 Å². The molecule has 1 fully saturated rings. The molecule has 0 aliphatic carbocycles. The van der Waals surface area contributed by atoms with Crippen molar-refractivity contribution < 1.29 is 0 Å². The van der Waals surface area contributed by atoms with E-state index in [1.165, 1.54) is 11.4 Å². The summed E-state index contributed by atoms with van der Waals surface area (Å²) in [6.07, 6.45) is 0.996. The van der Waals surface area contributed by atoms with E-state index < -0.39 is 0 Å². The van der Waals surface area contributed by atoms with Crippen LogP contribution >= 0.6 is 0 Å². The van der Waals surface area contributed by atoms with Crippen molar-refractivity contribution in [1.82, 2.24) is 19.6 Å². The molecule has 1 aliphatic rings. The summed E-state index contributed by atoms with van der Waals surface area (Å²) in [7, 11) is 0. The van der Waals surface area contributed by atoms with Gasteiger partial charge in [-0.05, 0) is 19.4 Å². The molecule has 0 radical (unpaired) electrons. The van der Waals surface area contributed by atoms with Crippen LogP contribution in [-0.4, -0.2) is 52.3 Å². The van der Waals surface area contributed by atoms with Crippen LogP contribution in [0.15, 0.2) is 6.07 Å². The van der Waals surface area contributed by atoms with Crippen LogP contribution in [0.2, 0.25) is 0 Å². The number of hydrogen-bond acceptors (Lipinski definition) is 4. The zero-order chi connectivity index (χ0) is 13.7. The van der Waals surface area contributed by atoms with Crippen LogP contribution in [0.3, 0.4) is 0 Å². The van der Waals surface area contributed by atoms with Gasteiger partial charge in [-0.25, -0.2) is 0 Å². The maximum absolute atomic E-state index is 8.70. The molecule has 1 aromatic rings. The largest absolute Gasteiger partial charge is 0.295 e. The first-order valence-electron chi connectivity index (χ1n) is 7.14. The lowest BCUT2D eigenvalue weighted by molar-refractivity contribution is 0.135. The van der Waals surface area contributed by atoms with Crippen LogP contribution in [-0.2, 0) is 19.5 Å². The van der Waals surface area contributed by atoms with Gasteiger partial charge in [-0.2, -0.15) is 10.4 Å². The normalized spacial score (nSPS) is 17.5. The smallest absolute Gasteiger partial charge is 0.0866 e. The lowest BCUT2D eigenvalue weighted by atomic mass is 10.2. The molecule has 1 saturated heterocycles. The first-order valence-corrected chi connectivity index (χ1v) is 7.14. The van der Waals surface area contributed by atoms with E-state index in [-0.39, 0.29) is 0 Å². The van der Waals surface area contributed by atoms with Gasteiger partial charge in [0.05, 0.1) is 24.0 Å². The van der Waals surface area contributed by atoms with Crippen molar-refractivity contribution in [3.8, 4) is 6.07 Å². The third-order valence-electron chi connectivity index (χ3n) is 3.72. The summed E-state index contributed by atoms with van der Waals surface area (Å²) in [4.78, 5) is 4.67. The second-order valence-corrected chi connectivity index (χ2v) is 5.01. The Labute approximate surface area is 115 Å². The quantitative estimate of drug-likeness (QED) is 0.745. The predicted molar refractivity (Wildman–Crippen MR) is 74.6 cm³/mol. The molecule has 1 aromatic heterocycles. The SMILES string of the molecule is CCc1cc(CN2CCN(CC#N)CC2)n(CC)n1. The van der Waals surface area contributed by atoms with E-state index in [4.69, 9.17) is 5.26 Å². The van der Waals surface area contributed by atoms with Crippen LogP contribution < -0.4 is 0 Å². The fourth-order valence-corrected chi connectivity index (χ4v) is 2.52. The van der Waals surface area contributed by atoms with Crippen LogP contribution in [0.1, 0.15) is 25.2 Å². The molecular formula is C14H23N5. The predicted octanol–water partition coefficient (Wildman–Crippen LogP) is 1.11. The maximum atomic E-state index is 8.70. The van der Waals surface area contributed by atoms with E-state index in [1.54, 1.807) is 0 Å². The summed E-state index contributed by atoms with van der Waals surface area (Å²) < 4.78 is 2.11. The summed E-state index contributed by atoms with van der Waals surface area (Å²) in [5.74, 6) is 0. The number of nitrogens with zero attached hydrogens (tertiary/aromatic N) is 5. The van der Waals surface area contributed by atoms with Crippen molar-refractivity contribution in [2.75, 3.05) is 32.7 Å². The topological polar surface area (TPSA) is 48.1 Å². The summed E-state index contributed by atoms with van der Waals surface area (Å²) in [6, 6.07) is 4.45. The number of piperazine rings is 1. The number of nitriles is 1. The number of aryl methyl sites for hydroxylation is 2. The fourth-order valence-electron chi connectivity index (χ4n) is 2.52. The Morgan fingerprint density at radius 2 is 1.89 bits per heavy atom. The first-order chi connectivity index (χ1) is 9.26. The highest BCUT2D eigenvalue weighted by molar-refractivity contribution is 5.10. The van der Waals surface area contributed by atoms with Crippen molar-refractivity contribution in [2.45, 2.75) is 33.4 Å². The van der Waals surface area contributed by atoms with E-state index in [2.05, 4.69) is 45.6 Å². The first kappa shape index (κ1) is 14.0. The van der Waals surface area contributed by atoms with Crippen LogP contribution in [0.5, 0.6) is 0 Å². The monoisotopic (exact) mass is 261 g/mol. The minimum atomic E-state index is 0.556. The van der Waals surface area contributed by atoms with Crippen molar-refractivity contribution >= 4 is 0 Å². The summed E-state index contributed by atoms with van der Waals surface area (Å²) in [5, 5.41) is 13.3. The Bertz CT molecular complexity index is 437. The second kappa shape index (κ2) is 6.69. The standard InChI is InChI=1S/C14H23N5/c1-3-13-11-14(19(4-2)16-13)12-18-9-7-17(6-5-15)8-10-18/h11H,3-4,6-10,12H2,1-2H3. The highest BCUT2D eigenvalue weighted by Gasteiger charge is 2.18. The van der Waals surface area contributed by atoms with E-state index in [0.717, 1.165) is 45.7 Å². The number of hydrogen-bond donors (Lipinski definition) is 0. The highest BCUT2D eigenvalue weighted by atomic mass is 15.3. The Morgan fingerprint density at radius 1 is 1.21 bits per heavy atom. The third-order valence-corrected chi connectivity index (χ3v) is 3.72. The van der Waals surface area contributed by atoms with Crippen molar-refractivity contribution in [3.05, 3.63) is 17.5 Å². The van der Waals surface area contributed by atoms with Gasteiger partial charge in [0.15, 0.2) is 0 Å². The highest BCUT2D eigenvalue weighted by Crippen LogP contribution is 2.11. The Hall–Kier alpha value is -1.38. The zero-order valence-electron chi connectivity index (χ0n) is 12.0. The van der Waals surface area contributed by atoms with Gasteiger partial charge >= 0.3 is 0 Å². The Balaban J connectivity index is 1.92. The molecule has 2 rings (SSSR count). The second-order valence-electron chi connectivity index (χ2n) is 5.01. The summed E-state index contributed by atoms with van der Waals surface area (Å²) in [5.41, 5.74) is 2.49. The molecule has 2 heterocycles. The van der Waals surface area contributed by atoms with Gasteiger partial charge in [0, 0.05) is 39.3 Å². The van der Waals surface area contributed by atoms with Crippen molar-refractivity contribution in [3.63, 3.8) is 0 Å². The van der Waals surface area contributed by atoms with Crippen molar-refractivity contribution in [2.24, 2.45) is 0 Å². The fraction of sp³-hybridized carbons (Fsp3) is 0.714. The van der Waals surface area contributed by atoms with Gasteiger partial charge in [-0.15, -0.1) is 0 Å². The minimum Gasteiger partial charge on any atom is -0.295 e. The molecule has 19 heavy (non-hydrogen) atoms. The third kappa shape index (κ3) is 3.55.